The molecular weight excluding hydrogens is 418 g/mol. The minimum absolute atomic E-state index is 0.455. The van der Waals surface area contributed by atoms with Gasteiger partial charge in [-0.15, -0.1) is 0 Å². The lowest BCUT2D eigenvalue weighted by Gasteiger charge is -2.30. The first-order valence-corrected chi connectivity index (χ1v) is 12.4. The molecule has 6 rings (SSSR count). The van der Waals surface area contributed by atoms with Crippen LogP contribution in [0.3, 0.4) is 0 Å². The van der Waals surface area contributed by atoms with E-state index in [-0.39, 0.29) is 0 Å². The summed E-state index contributed by atoms with van der Waals surface area (Å²) in [5, 5.41) is 4.80. The topological polar surface area (TPSA) is 53.9 Å². The van der Waals surface area contributed by atoms with Crippen LogP contribution < -0.4 is 5.32 Å². The van der Waals surface area contributed by atoms with Crippen molar-refractivity contribution in [1.82, 2.24) is 19.9 Å². The summed E-state index contributed by atoms with van der Waals surface area (Å²) in [6.07, 6.45) is 16.1. The number of aromatic nitrogens is 3. The van der Waals surface area contributed by atoms with Crippen molar-refractivity contribution < 1.29 is 0 Å². The van der Waals surface area contributed by atoms with Crippen LogP contribution in [0.25, 0.3) is 22.0 Å². The number of allylic oxidation sites excluding steroid dienone is 5. The number of nitrogens with one attached hydrogen (secondary N) is 1. The van der Waals surface area contributed by atoms with Crippen LogP contribution >= 0.6 is 0 Å². The first-order chi connectivity index (χ1) is 16.7. The average Bonchev–Trinajstić information content (AvgIpc) is 3.29. The lowest BCUT2D eigenvalue weighted by atomic mass is 9.91. The predicted octanol–water partition coefficient (Wildman–Crippen LogP) is 5.64. The summed E-state index contributed by atoms with van der Waals surface area (Å²) in [6, 6.07) is 9.35. The fraction of sp³-hybridized carbons (Fsp3) is 0.345. The van der Waals surface area contributed by atoms with E-state index in [4.69, 9.17) is 4.98 Å². The van der Waals surface area contributed by atoms with Crippen LogP contribution in [0.4, 0.5) is 5.82 Å². The third kappa shape index (κ3) is 3.94. The van der Waals surface area contributed by atoms with Crippen LogP contribution in [0.5, 0.6) is 0 Å². The van der Waals surface area contributed by atoms with E-state index in [9.17, 15) is 0 Å². The summed E-state index contributed by atoms with van der Waals surface area (Å²) in [6.45, 7) is 4.45. The molecule has 1 fully saturated rings. The number of pyridine rings is 1. The molecule has 3 aliphatic rings. The Labute approximate surface area is 201 Å². The quantitative estimate of drug-likeness (QED) is 0.558. The standard InChI is InChI=1S/C29H31N5/c1-19-5-3-4-6-23(19)21-16-25-24(8-10-27(25)30-17-21)20-7-9-28-26(15-20)29(32-18-31-28)33-22-11-13-34(2)14-12-22/h5-9,15-18,22H,3-4,10-14H2,1-2H3,(H,31,32,33). The molecule has 5 heteroatoms. The molecule has 0 unspecified atom stereocenters. The maximum atomic E-state index is 4.85. The molecule has 5 nitrogen and oxygen atoms in total. The van der Waals surface area contributed by atoms with Crippen molar-refractivity contribution >= 4 is 27.9 Å². The van der Waals surface area contributed by atoms with Crippen molar-refractivity contribution in [2.24, 2.45) is 0 Å². The Morgan fingerprint density at radius 3 is 2.62 bits per heavy atom. The van der Waals surface area contributed by atoms with Gasteiger partial charge in [0, 0.05) is 35.2 Å². The van der Waals surface area contributed by atoms with Crippen molar-refractivity contribution in [2.75, 3.05) is 25.5 Å². The molecule has 3 aromatic rings. The van der Waals surface area contributed by atoms with Gasteiger partial charge in [-0.3, -0.25) is 4.98 Å². The van der Waals surface area contributed by atoms with Gasteiger partial charge < -0.3 is 10.2 Å². The van der Waals surface area contributed by atoms with Crippen LogP contribution in [0.2, 0.25) is 0 Å². The smallest absolute Gasteiger partial charge is 0.137 e. The number of piperidine rings is 1. The summed E-state index contributed by atoms with van der Waals surface area (Å²) in [5.41, 5.74) is 9.74. The molecule has 2 aromatic heterocycles. The Balaban J connectivity index is 1.34. The zero-order valence-electron chi connectivity index (χ0n) is 20.0. The third-order valence-corrected chi connectivity index (χ3v) is 7.47. The van der Waals surface area contributed by atoms with Gasteiger partial charge >= 0.3 is 0 Å². The highest BCUT2D eigenvalue weighted by atomic mass is 15.1. The predicted molar refractivity (Wildman–Crippen MR) is 140 cm³/mol. The second-order valence-electron chi connectivity index (χ2n) is 9.80. The number of nitrogens with zero attached hydrogens (tertiary/aromatic N) is 4. The van der Waals surface area contributed by atoms with Gasteiger partial charge in [-0.25, -0.2) is 9.97 Å². The highest BCUT2D eigenvalue weighted by Crippen LogP contribution is 2.37. The van der Waals surface area contributed by atoms with Crippen LogP contribution in [-0.2, 0) is 6.42 Å². The Morgan fingerprint density at radius 2 is 1.76 bits per heavy atom. The summed E-state index contributed by atoms with van der Waals surface area (Å²) in [4.78, 5) is 16.4. The summed E-state index contributed by atoms with van der Waals surface area (Å²) in [5.74, 6) is 0.945. The van der Waals surface area contributed by atoms with E-state index in [2.05, 4.69) is 76.6 Å². The molecule has 1 aromatic carbocycles. The van der Waals surface area contributed by atoms with E-state index >= 15 is 0 Å². The van der Waals surface area contributed by atoms with Gasteiger partial charge in [-0.2, -0.15) is 0 Å². The zero-order chi connectivity index (χ0) is 23.1. The van der Waals surface area contributed by atoms with E-state index in [0.717, 1.165) is 67.6 Å². The van der Waals surface area contributed by atoms with E-state index in [1.807, 2.05) is 6.20 Å². The zero-order valence-corrected chi connectivity index (χ0v) is 20.0. The molecule has 34 heavy (non-hydrogen) atoms. The van der Waals surface area contributed by atoms with Gasteiger partial charge in [0.15, 0.2) is 0 Å². The molecule has 1 saturated heterocycles. The maximum Gasteiger partial charge on any atom is 0.137 e. The minimum atomic E-state index is 0.455. The van der Waals surface area contributed by atoms with Crippen molar-refractivity contribution in [3.05, 3.63) is 83.0 Å². The highest BCUT2D eigenvalue weighted by molar-refractivity contribution is 5.95. The number of fused-ring (bicyclic) bond motifs is 2. The molecule has 1 N–H and O–H groups in total. The molecule has 1 aliphatic heterocycles. The Morgan fingerprint density at radius 1 is 0.912 bits per heavy atom. The monoisotopic (exact) mass is 449 g/mol. The van der Waals surface area contributed by atoms with Gasteiger partial charge in [0.25, 0.3) is 0 Å². The molecule has 172 valence electrons. The molecule has 0 radical (unpaired) electrons. The SMILES string of the molecule is CC1=CCCC=C1c1cnc2c(c1)C(c1ccc3ncnc(NC4CCN(C)CC4)c3c1)=CC2. The third-order valence-electron chi connectivity index (χ3n) is 7.47. The second-order valence-corrected chi connectivity index (χ2v) is 9.80. The van der Waals surface area contributed by atoms with Crippen molar-refractivity contribution in [3.63, 3.8) is 0 Å². The van der Waals surface area contributed by atoms with Crippen LogP contribution in [0, 0.1) is 0 Å². The van der Waals surface area contributed by atoms with E-state index < -0.39 is 0 Å². The van der Waals surface area contributed by atoms with Gasteiger partial charge in [0.1, 0.15) is 12.1 Å². The molecule has 0 bridgehead atoms. The maximum absolute atomic E-state index is 4.85. The number of likely N-dealkylation sites (tertiary alicyclic amines) is 1. The highest BCUT2D eigenvalue weighted by Gasteiger charge is 2.21. The van der Waals surface area contributed by atoms with Crippen LogP contribution in [0.15, 0.2) is 60.6 Å². The number of benzene rings is 1. The summed E-state index contributed by atoms with van der Waals surface area (Å²) < 4.78 is 0. The second kappa shape index (κ2) is 8.80. The summed E-state index contributed by atoms with van der Waals surface area (Å²) >= 11 is 0. The number of anilines is 1. The fourth-order valence-corrected chi connectivity index (χ4v) is 5.45. The summed E-state index contributed by atoms with van der Waals surface area (Å²) in [7, 11) is 2.19. The van der Waals surface area contributed by atoms with E-state index in [1.54, 1.807) is 6.33 Å². The van der Waals surface area contributed by atoms with Crippen molar-refractivity contribution in [3.8, 4) is 0 Å². The molecular formula is C29H31N5. The molecule has 0 amide bonds. The molecule has 0 atom stereocenters. The Bertz CT molecular complexity index is 1340. The van der Waals surface area contributed by atoms with E-state index in [1.165, 1.54) is 33.4 Å². The van der Waals surface area contributed by atoms with Crippen LogP contribution in [0.1, 0.15) is 55.0 Å². The van der Waals surface area contributed by atoms with Crippen LogP contribution in [-0.4, -0.2) is 46.0 Å². The number of hydrogen-bond acceptors (Lipinski definition) is 5. The molecule has 2 aliphatic carbocycles. The van der Waals surface area contributed by atoms with E-state index in [0.29, 0.717) is 6.04 Å². The minimum Gasteiger partial charge on any atom is -0.367 e. The lowest BCUT2D eigenvalue weighted by molar-refractivity contribution is 0.264. The fourth-order valence-electron chi connectivity index (χ4n) is 5.45. The number of rotatable bonds is 4. The number of hydrogen-bond donors (Lipinski definition) is 1. The normalized spacial score (nSPS) is 18.9. The lowest BCUT2D eigenvalue weighted by Crippen LogP contribution is -2.36. The molecule has 3 heterocycles. The first-order valence-electron chi connectivity index (χ1n) is 12.4. The van der Waals surface area contributed by atoms with Gasteiger partial charge in [0.2, 0.25) is 0 Å². The molecule has 0 spiro atoms. The largest absolute Gasteiger partial charge is 0.367 e. The van der Waals surface area contributed by atoms with Gasteiger partial charge in [-0.1, -0.05) is 24.3 Å². The van der Waals surface area contributed by atoms with Crippen molar-refractivity contribution in [1.29, 1.82) is 0 Å². The Kier molecular flexibility index (Phi) is 5.50. The average molecular weight is 450 g/mol. The Hall–Kier alpha value is -3.31. The molecule has 0 saturated carbocycles. The van der Waals surface area contributed by atoms with Gasteiger partial charge in [-0.05, 0) is 93.2 Å². The first kappa shape index (κ1) is 21.2. The van der Waals surface area contributed by atoms with Gasteiger partial charge in [0.05, 0.1) is 11.2 Å². The van der Waals surface area contributed by atoms with Crippen molar-refractivity contribution in [2.45, 2.75) is 45.1 Å².